The lowest BCUT2D eigenvalue weighted by Crippen LogP contribution is -2.52. The maximum absolute atomic E-state index is 12.6. The van der Waals surface area contributed by atoms with E-state index in [4.69, 9.17) is 4.74 Å². The standard InChI is InChI=1S/C19H29N3O2/c1-21-11-12-22(18(14-21)17-6-3-2-4-7-17)19(23)20-10-5-13-24-15-16-8-9-16/h2-4,6-7,16,18H,5,8-15H2,1H3,(H,20,23). The molecule has 0 radical (unpaired) electrons. The Morgan fingerprint density at radius 3 is 2.79 bits per heavy atom. The molecule has 5 nitrogen and oxygen atoms in total. The number of hydrogen-bond acceptors (Lipinski definition) is 3. The Balaban J connectivity index is 1.46. The third-order valence-corrected chi connectivity index (χ3v) is 4.82. The zero-order valence-corrected chi connectivity index (χ0v) is 14.6. The Kier molecular flexibility index (Phi) is 6.10. The Hall–Kier alpha value is -1.59. The van der Waals surface area contributed by atoms with Gasteiger partial charge in [0.25, 0.3) is 0 Å². The lowest BCUT2D eigenvalue weighted by molar-refractivity contribution is 0.105. The number of benzene rings is 1. The van der Waals surface area contributed by atoms with Crippen molar-refractivity contribution >= 4 is 6.03 Å². The molecule has 1 saturated heterocycles. The highest BCUT2D eigenvalue weighted by Gasteiger charge is 2.29. The lowest BCUT2D eigenvalue weighted by Gasteiger charge is -2.40. The van der Waals surface area contributed by atoms with Crippen molar-refractivity contribution in [2.75, 3.05) is 46.4 Å². The largest absolute Gasteiger partial charge is 0.381 e. The second-order valence-electron chi connectivity index (χ2n) is 6.99. The number of hydrogen-bond donors (Lipinski definition) is 1. The minimum Gasteiger partial charge on any atom is -0.381 e. The van der Waals surface area contributed by atoms with Crippen LogP contribution in [0.1, 0.15) is 30.9 Å². The Morgan fingerprint density at radius 1 is 1.25 bits per heavy atom. The Labute approximate surface area is 145 Å². The van der Waals surface area contributed by atoms with Gasteiger partial charge >= 0.3 is 6.03 Å². The van der Waals surface area contributed by atoms with Crippen molar-refractivity contribution in [1.29, 1.82) is 0 Å². The van der Waals surface area contributed by atoms with Crippen LogP contribution in [0.4, 0.5) is 4.79 Å². The topological polar surface area (TPSA) is 44.8 Å². The monoisotopic (exact) mass is 331 g/mol. The van der Waals surface area contributed by atoms with Crippen LogP contribution in [0.5, 0.6) is 0 Å². The molecular weight excluding hydrogens is 302 g/mol. The van der Waals surface area contributed by atoms with Crippen molar-refractivity contribution < 1.29 is 9.53 Å². The van der Waals surface area contributed by atoms with Crippen LogP contribution in [0, 0.1) is 5.92 Å². The zero-order chi connectivity index (χ0) is 16.8. The highest BCUT2D eigenvalue weighted by atomic mass is 16.5. The summed E-state index contributed by atoms with van der Waals surface area (Å²) in [5, 5.41) is 3.06. The molecule has 1 aliphatic carbocycles. The van der Waals surface area contributed by atoms with Gasteiger partial charge in [-0.3, -0.25) is 0 Å². The maximum atomic E-state index is 12.6. The number of carbonyl (C=O) groups excluding carboxylic acids is 1. The maximum Gasteiger partial charge on any atom is 0.318 e. The van der Waals surface area contributed by atoms with E-state index in [-0.39, 0.29) is 12.1 Å². The Morgan fingerprint density at radius 2 is 2.04 bits per heavy atom. The van der Waals surface area contributed by atoms with Gasteiger partial charge in [0, 0.05) is 39.4 Å². The van der Waals surface area contributed by atoms with E-state index in [1.54, 1.807) is 0 Å². The molecule has 1 unspecified atom stereocenters. The van der Waals surface area contributed by atoms with Crippen LogP contribution in [-0.4, -0.2) is 62.3 Å². The van der Waals surface area contributed by atoms with Crippen LogP contribution >= 0.6 is 0 Å². The fourth-order valence-electron chi connectivity index (χ4n) is 3.13. The first kappa shape index (κ1) is 17.2. The van der Waals surface area contributed by atoms with Crippen LogP contribution in [0.2, 0.25) is 0 Å². The third kappa shape index (κ3) is 4.95. The van der Waals surface area contributed by atoms with Gasteiger partial charge in [0.2, 0.25) is 0 Å². The summed E-state index contributed by atoms with van der Waals surface area (Å²) in [5.74, 6) is 0.802. The number of rotatable bonds is 7. The van der Waals surface area contributed by atoms with E-state index in [1.807, 2.05) is 23.1 Å². The van der Waals surface area contributed by atoms with Crippen LogP contribution in [-0.2, 0) is 4.74 Å². The highest BCUT2D eigenvalue weighted by molar-refractivity contribution is 5.75. The molecule has 1 aliphatic heterocycles. The van der Waals surface area contributed by atoms with Crippen molar-refractivity contribution in [2.24, 2.45) is 5.92 Å². The Bertz CT molecular complexity index is 519. The summed E-state index contributed by atoms with van der Waals surface area (Å²) in [6.45, 7) is 4.87. The van der Waals surface area contributed by atoms with Crippen molar-refractivity contribution in [3.63, 3.8) is 0 Å². The van der Waals surface area contributed by atoms with Gasteiger partial charge in [0.1, 0.15) is 0 Å². The molecule has 132 valence electrons. The van der Waals surface area contributed by atoms with E-state index < -0.39 is 0 Å². The number of piperazine rings is 1. The molecule has 0 aromatic heterocycles. The van der Waals surface area contributed by atoms with Gasteiger partial charge in [0.15, 0.2) is 0 Å². The summed E-state index contributed by atoms with van der Waals surface area (Å²) in [4.78, 5) is 16.9. The molecule has 1 atom stereocenters. The van der Waals surface area contributed by atoms with Gasteiger partial charge in [-0.05, 0) is 37.8 Å². The molecule has 2 amide bonds. The molecule has 3 rings (SSSR count). The fraction of sp³-hybridized carbons (Fsp3) is 0.632. The number of amides is 2. The van der Waals surface area contributed by atoms with E-state index in [0.717, 1.165) is 45.2 Å². The average molecular weight is 331 g/mol. The second kappa shape index (κ2) is 8.49. The SMILES string of the molecule is CN1CCN(C(=O)NCCCOCC2CC2)C(c2ccccc2)C1. The number of carbonyl (C=O) groups is 1. The van der Waals surface area contributed by atoms with Gasteiger partial charge in [-0.25, -0.2) is 4.79 Å². The molecule has 2 fully saturated rings. The minimum atomic E-state index is 0.0409. The summed E-state index contributed by atoms with van der Waals surface area (Å²) >= 11 is 0. The van der Waals surface area contributed by atoms with Gasteiger partial charge < -0.3 is 19.9 Å². The van der Waals surface area contributed by atoms with E-state index >= 15 is 0 Å². The van der Waals surface area contributed by atoms with Crippen LogP contribution in [0.25, 0.3) is 0 Å². The van der Waals surface area contributed by atoms with E-state index in [0.29, 0.717) is 6.54 Å². The van der Waals surface area contributed by atoms with Crippen LogP contribution < -0.4 is 5.32 Å². The van der Waals surface area contributed by atoms with Crippen LogP contribution in [0.15, 0.2) is 30.3 Å². The molecule has 1 aromatic carbocycles. The fourth-order valence-corrected chi connectivity index (χ4v) is 3.13. The van der Waals surface area contributed by atoms with Crippen molar-refractivity contribution in [2.45, 2.75) is 25.3 Å². The first-order valence-electron chi connectivity index (χ1n) is 9.10. The zero-order valence-electron chi connectivity index (χ0n) is 14.6. The molecule has 0 spiro atoms. The number of ether oxygens (including phenoxy) is 1. The van der Waals surface area contributed by atoms with Gasteiger partial charge in [-0.15, -0.1) is 0 Å². The van der Waals surface area contributed by atoms with Crippen LogP contribution in [0.3, 0.4) is 0 Å². The predicted molar refractivity (Wildman–Crippen MR) is 94.9 cm³/mol. The predicted octanol–water partition coefficient (Wildman–Crippen LogP) is 2.50. The van der Waals surface area contributed by atoms with Crippen molar-refractivity contribution in [1.82, 2.24) is 15.1 Å². The molecule has 1 saturated carbocycles. The van der Waals surface area contributed by atoms with Gasteiger partial charge in [-0.2, -0.15) is 0 Å². The minimum absolute atomic E-state index is 0.0409. The van der Waals surface area contributed by atoms with Crippen molar-refractivity contribution in [3.05, 3.63) is 35.9 Å². The first-order chi connectivity index (χ1) is 11.7. The number of nitrogens with one attached hydrogen (secondary N) is 1. The molecule has 1 aromatic rings. The third-order valence-electron chi connectivity index (χ3n) is 4.82. The normalized spacial score (nSPS) is 21.7. The summed E-state index contributed by atoms with van der Waals surface area (Å²) in [6.07, 6.45) is 3.52. The summed E-state index contributed by atoms with van der Waals surface area (Å²) in [7, 11) is 2.11. The smallest absolute Gasteiger partial charge is 0.318 e. The van der Waals surface area contributed by atoms with Crippen molar-refractivity contribution in [3.8, 4) is 0 Å². The van der Waals surface area contributed by atoms with Gasteiger partial charge in [-0.1, -0.05) is 30.3 Å². The van der Waals surface area contributed by atoms with E-state index in [2.05, 4.69) is 29.4 Å². The molecule has 24 heavy (non-hydrogen) atoms. The number of urea groups is 1. The summed E-state index contributed by atoms with van der Waals surface area (Å²) in [5.41, 5.74) is 1.20. The molecule has 5 heteroatoms. The van der Waals surface area contributed by atoms with Gasteiger partial charge in [0.05, 0.1) is 6.04 Å². The summed E-state index contributed by atoms with van der Waals surface area (Å²) in [6, 6.07) is 10.5. The molecular formula is C19H29N3O2. The second-order valence-corrected chi connectivity index (χ2v) is 6.99. The number of likely N-dealkylation sites (N-methyl/N-ethyl adjacent to an activating group) is 1. The summed E-state index contributed by atoms with van der Waals surface area (Å²) < 4.78 is 5.62. The van der Waals surface area contributed by atoms with E-state index in [9.17, 15) is 4.79 Å². The molecule has 1 N–H and O–H groups in total. The average Bonchev–Trinajstić information content (AvgIpc) is 3.43. The quantitative estimate of drug-likeness (QED) is 0.781. The number of nitrogens with zero attached hydrogens (tertiary/aromatic N) is 2. The highest BCUT2D eigenvalue weighted by Crippen LogP contribution is 2.28. The molecule has 2 aliphatic rings. The lowest BCUT2D eigenvalue weighted by atomic mass is 10.0. The molecule has 0 bridgehead atoms. The first-order valence-corrected chi connectivity index (χ1v) is 9.10. The van der Waals surface area contributed by atoms with E-state index in [1.165, 1.54) is 18.4 Å². The molecule has 1 heterocycles.